The van der Waals surface area contributed by atoms with Crippen molar-refractivity contribution >= 4 is 17.6 Å². The number of hydrogen-bond donors (Lipinski definition) is 0. The molecule has 0 fully saturated rings. The summed E-state index contributed by atoms with van der Waals surface area (Å²) in [5.74, 6) is 0.104. The molecule has 0 spiro atoms. The Balaban J connectivity index is 3.50. The lowest BCUT2D eigenvalue weighted by molar-refractivity contribution is -0.159. The summed E-state index contributed by atoms with van der Waals surface area (Å²) < 4.78 is 10.1. The van der Waals surface area contributed by atoms with Gasteiger partial charge in [0.2, 0.25) is 0 Å². The van der Waals surface area contributed by atoms with Crippen LogP contribution in [-0.2, 0) is 14.3 Å². The van der Waals surface area contributed by atoms with Crippen LogP contribution in [0.1, 0.15) is 20.8 Å². The van der Waals surface area contributed by atoms with Gasteiger partial charge in [0, 0.05) is 5.88 Å². The number of carbonyl (C=O) groups is 1. The van der Waals surface area contributed by atoms with Gasteiger partial charge in [-0.2, -0.15) is 0 Å². The van der Waals surface area contributed by atoms with Gasteiger partial charge >= 0.3 is 5.97 Å². The number of allylic oxidation sites excluding steroid dienone is 1. The minimum absolute atomic E-state index is 0.0239. The van der Waals surface area contributed by atoms with E-state index in [1.807, 2.05) is 20.8 Å². The highest BCUT2D eigenvalue weighted by Crippen LogP contribution is 2.06. The van der Waals surface area contributed by atoms with Crippen molar-refractivity contribution in [2.24, 2.45) is 0 Å². The number of halogens is 1. The van der Waals surface area contributed by atoms with Gasteiger partial charge < -0.3 is 9.47 Å². The summed E-state index contributed by atoms with van der Waals surface area (Å²) in [5, 5.41) is 0. The summed E-state index contributed by atoms with van der Waals surface area (Å²) in [4.78, 5) is 11.1. The Morgan fingerprint density at radius 1 is 1.36 bits per heavy atom. The van der Waals surface area contributed by atoms with E-state index in [0.717, 1.165) is 0 Å². The van der Waals surface area contributed by atoms with Crippen LogP contribution in [0.5, 0.6) is 0 Å². The van der Waals surface area contributed by atoms with Crippen molar-refractivity contribution in [3.63, 3.8) is 0 Å². The van der Waals surface area contributed by atoms with Gasteiger partial charge in [0.15, 0.2) is 0 Å². The summed E-state index contributed by atoms with van der Waals surface area (Å²) in [6, 6.07) is 0. The second-order valence-corrected chi connectivity index (χ2v) is 4.04. The van der Waals surface area contributed by atoms with Crippen LogP contribution in [0.3, 0.4) is 0 Å². The third-order valence-corrected chi connectivity index (χ3v) is 1.29. The predicted octanol–water partition coefficient (Wildman–Crippen LogP) is 2.14. The standard InChI is InChI=1S/C10H17ClO3/c1-10(2,3)14-9(12)8-13-7-5-4-6-11/h4-5H,6-8H2,1-3H3. The maximum atomic E-state index is 11.1. The van der Waals surface area contributed by atoms with Crippen molar-refractivity contribution in [2.45, 2.75) is 26.4 Å². The van der Waals surface area contributed by atoms with E-state index < -0.39 is 5.60 Å². The molecule has 0 aromatic carbocycles. The lowest BCUT2D eigenvalue weighted by atomic mass is 10.2. The van der Waals surface area contributed by atoms with Crippen LogP contribution in [0.15, 0.2) is 12.2 Å². The zero-order valence-electron chi connectivity index (χ0n) is 8.88. The van der Waals surface area contributed by atoms with Crippen molar-refractivity contribution in [1.29, 1.82) is 0 Å². The highest BCUT2D eigenvalue weighted by Gasteiger charge is 2.15. The normalized spacial score (nSPS) is 12.0. The Morgan fingerprint density at radius 3 is 2.50 bits per heavy atom. The fourth-order valence-corrected chi connectivity index (χ4v) is 0.838. The second-order valence-electron chi connectivity index (χ2n) is 3.73. The molecule has 14 heavy (non-hydrogen) atoms. The maximum absolute atomic E-state index is 11.1. The molecule has 0 N–H and O–H groups in total. The molecule has 0 aromatic rings. The Hall–Kier alpha value is -0.540. The number of ether oxygens (including phenoxy) is 2. The average molecular weight is 221 g/mol. The van der Waals surface area contributed by atoms with Gasteiger partial charge in [-0.3, -0.25) is 0 Å². The number of rotatable bonds is 5. The number of alkyl halides is 1. The topological polar surface area (TPSA) is 35.5 Å². The molecule has 0 radical (unpaired) electrons. The molecule has 0 aliphatic heterocycles. The van der Waals surface area contributed by atoms with E-state index in [2.05, 4.69) is 0 Å². The van der Waals surface area contributed by atoms with Crippen molar-refractivity contribution < 1.29 is 14.3 Å². The van der Waals surface area contributed by atoms with Gasteiger partial charge in [0.1, 0.15) is 12.2 Å². The van der Waals surface area contributed by atoms with Gasteiger partial charge in [-0.15, -0.1) is 11.6 Å². The monoisotopic (exact) mass is 220 g/mol. The lowest BCUT2D eigenvalue weighted by Gasteiger charge is -2.19. The summed E-state index contributed by atoms with van der Waals surface area (Å²) in [6.07, 6.45) is 3.52. The Morgan fingerprint density at radius 2 is 2.00 bits per heavy atom. The van der Waals surface area contributed by atoms with E-state index in [-0.39, 0.29) is 12.6 Å². The van der Waals surface area contributed by atoms with Crippen molar-refractivity contribution in [1.82, 2.24) is 0 Å². The minimum atomic E-state index is -0.452. The molecular formula is C10H17ClO3. The maximum Gasteiger partial charge on any atom is 0.332 e. The van der Waals surface area contributed by atoms with E-state index >= 15 is 0 Å². The molecule has 4 heteroatoms. The molecule has 0 aromatic heterocycles. The summed E-state index contributed by atoms with van der Waals surface area (Å²) in [6.45, 7) is 5.81. The molecule has 0 amide bonds. The van der Waals surface area contributed by atoms with Gasteiger partial charge in [0.05, 0.1) is 6.61 Å². The van der Waals surface area contributed by atoms with Crippen LogP contribution in [-0.4, -0.2) is 30.7 Å². The third-order valence-electron chi connectivity index (χ3n) is 1.11. The highest BCUT2D eigenvalue weighted by atomic mass is 35.5. The van der Waals surface area contributed by atoms with Crippen molar-refractivity contribution in [3.8, 4) is 0 Å². The largest absolute Gasteiger partial charge is 0.458 e. The first-order valence-electron chi connectivity index (χ1n) is 4.46. The third kappa shape index (κ3) is 9.55. The first kappa shape index (κ1) is 13.5. The Labute approximate surface area is 90.0 Å². The molecule has 3 nitrogen and oxygen atoms in total. The second kappa shape index (κ2) is 6.85. The van der Waals surface area contributed by atoms with E-state index in [0.29, 0.717) is 12.5 Å². The number of esters is 1. The SMILES string of the molecule is CC(C)(C)OC(=O)COCC=CCCl. The van der Waals surface area contributed by atoms with Crippen LogP contribution < -0.4 is 0 Å². The molecule has 0 atom stereocenters. The molecule has 82 valence electrons. The zero-order valence-corrected chi connectivity index (χ0v) is 9.63. The Bertz CT molecular complexity index is 194. The fraction of sp³-hybridized carbons (Fsp3) is 0.700. The Kier molecular flexibility index (Phi) is 6.58. The van der Waals surface area contributed by atoms with Crippen LogP contribution in [0.2, 0.25) is 0 Å². The molecule has 0 saturated carbocycles. The number of carbonyl (C=O) groups excluding carboxylic acids is 1. The smallest absolute Gasteiger partial charge is 0.332 e. The first-order valence-corrected chi connectivity index (χ1v) is 4.99. The highest BCUT2D eigenvalue weighted by molar-refractivity contribution is 6.18. The van der Waals surface area contributed by atoms with Crippen LogP contribution in [0, 0.1) is 0 Å². The van der Waals surface area contributed by atoms with E-state index in [1.165, 1.54) is 0 Å². The van der Waals surface area contributed by atoms with E-state index in [9.17, 15) is 4.79 Å². The predicted molar refractivity (Wildman–Crippen MR) is 56.5 cm³/mol. The van der Waals surface area contributed by atoms with Crippen molar-refractivity contribution in [2.75, 3.05) is 19.1 Å². The van der Waals surface area contributed by atoms with Gasteiger partial charge in [0.25, 0.3) is 0 Å². The van der Waals surface area contributed by atoms with Gasteiger partial charge in [-0.05, 0) is 20.8 Å². The molecule has 0 unspecified atom stereocenters. The fourth-order valence-electron chi connectivity index (χ4n) is 0.712. The summed E-state index contributed by atoms with van der Waals surface area (Å²) >= 11 is 5.40. The molecule has 0 aliphatic rings. The molecular weight excluding hydrogens is 204 g/mol. The van der Waals surface area contributed by atoms with Crippen molar-refractivity contribution in [3.05, 3.63) is 12.2 Å². The molecule has 0 rings (SSSR count). The van der Waals surface area contributed by atoms with Crippen LogP contribution >= 0.6 is 11.6 Å². The quantitative estimate of drug-likeness (QED) is 0.308. The molecule has 0 bridgehead atoms. The average Bonchev–Trinajstić information content (AvgIpc) is 2.00. The lowest BCUT2D eigenvalue weighted by Crippen LogP contribution is -2.26. The van der Waals surface area contributed by atoms with Crippen LogP contribution in [0.4, 0.5) is 0 Å². The summed E-state index contributed by atoms with van der Waals surface area (Å²) in [7, 11) is 0. The zero-order chi connectivity index (χ0) is 11.0. The minimum Gasteiger partial charge on any atom is -0.458 e. The molecule has 0 saturated heterocycles. The number of hydrogen-bond acceptors (Lipinski definition) is 3. The van der Waals surface area contributed by atoms with Gasteiger partial charge in [-0.25, -0.2) is 4.79 Å². The van der Waals surface area contributed by atoms with Crippen LogP contribution in [0.25, 0.3) is 0 Å². The van der Waals surface area contributed by atoms with Gasteiger partial charge in [-0.1, -0.05) is 12.2 Å². The summed E-state index contributed by atoms with van der Waals surface area (Å²) in [5.41, 5.74) is -0.452. The van der Waals surface area contributed by atoms with E-state index in [1.54, 1.807) is 12.2 Å². The molecule has 0 aliphatic carbocycles. The first-order chi connectivity index (χ1) is 6.45. The molecule has 0 heterocycles. The van der Waals surface area contributed by atoms with E-state index in [4.69, 9.17) is 21.1 Å².